The van der Waals surface area contributed by atoms with Crippen molar-refractivity contribution in [2.75, 3.05) is 31.1 Å². The van der Waals surface area contributed by atoms with Gasteiger partial charge in [-0.05, 0) is 44.5 Å². The minimum atomic E-state index is 0.0674. The summed E-state index contributed by atoms with van der Waals surface area (Å²) < 4.78 is 2.02. The molecule has 0 N–H and O–H groups in total. The van der Waals surface area contributed by atoms with Crippen LogP contribution in [-0.4, -0.2) is 46.8 Å². The number of hydrogen-bond donors (Lipinski definition) is 0. The van der Waals surface area contributed by atoms with Crippen molar-refractivity contribution in [1.82, 2.24) is 14.7 Å². The van der Waals surface area contributed by atoms with Crippen LogP contribution in [0, 0.1) is 20.8 Å². The Morgan fingerprint density at radius 1 is 0.935 bits per heavy atom. The Bertz CT molecular complexity index is 1060. The number of amides is 1. The second-order valence-corrected chi connectivity index (χ2v) is 8.21. The van der Waals surface area contributed by atoms with Gasteiger partial charge in [-0.1, -0.05) is 48.0 Å². The van der Waals surface area contributed by atoms with E-state index in [-0.39, 0.29) is 5.91 Å². The van der Waals surface area contributed by atoms with Gasteiger partial charge in [0.1, 0.15) is 0 Å². The number of rotatable bonds is 5. The maximum atomic E-state index is 12.8. The summed E-state index contributed by atoms with van der Waals surface area (Å²) in [5, 5.41) is 4.70. The molecule has 1 saturated heterocycles. The number of benzene rings is 2. The van der Waals surface area contributed by atoms with Crippen LogP contribution in [0.4, 0.5) is 5.69 Å². The maximum Gasteiger partial charge on any atom is 0.246 e. The molecule has 31 heavy (non-hydrogen) atoms. The summed E-state index contributed by atoms with van der Waals surface area (Å²) in [6, 6.07) is 18.9. The average molecular weight is 415 g/mol. The van der Waals surface area contributed by atoms with E-state index in [1.54, 1.807) is 6.08 Å². The van der Waals surface area contributed by atoms with E-state index in [2.05, 4.69) is 67.3 Å². The summed E-state index contributed by atoms with van der Waals surface area (Å²) in [6.45, 7) is 10.1. The van der Waals surface area contributed by atoms with Gasteiger partial charge in [0.15, 0.2) is 0 Å². The van der Waals surface area contributed by atoms with E-state index in [1.165, 1.54) is 16.8 Å². The number of nitrogens with zero attached hydrogens (tertiary/aromatic N) is 4. The lowest BCUT2D eigenvalue weighted by Gasteiger charge is -2.35. The van der Waals surface area contributed by atoms with Gasteiger partial charge >= 0.3 is 0 Å². The Hall–Kier alpha value is -3.34. The van der Waals surface area contributed by atoms with E-state index in [0.29, 0.717) is 0 Å². The first-order valence-electron chi connectivity index (χ1n) is 10.9. The summed E-state index contributed by atoms with van der Waals surface area (Å²) in [7, 11) is 0. The van der Waals surface area contributed by atoms with Crippen molar-refractivity contribution >= 4 is 17.7 Å². The second kappa shape index (κ2) is 9.21. The average Bonchev–Trinajstić information content (AvgIpc) is 3.06. The molecule has 2 aromatic carbocycles. The Morgan fingerprint density at radius 3 is 2.29 bits per heavy atom. The van der Waals surface area contributed by atoms with E-state index in [9.17, 15) is 4.79 Å². The van der Waals surface area contributed by atoms with Gasteiger partial charge in [-0.15, -0.1) is 0 Å². The van der Waals surface area contributed by atoms with Crippen molar-refractivity contribution in [3.8, 4) is 0 Å². The number of anilines is 1. The molecule has 0 spiro atoms. The molecule has 1 aliphatic rings. The van der Waals surface area contributed by atoms with Crippen LogP contribution in [0.15, 0.2) is 60.7 Å². The molecule has 0 saturated carbocycles. The van der Waals surface area contributed by atoms with Crippen molar-refractivity contribution in [2.45, 2.75) is 27.3 Å². The highest BCUT2D eigenvalue weighted by molar-refractivity contribution is 5.92. The lowest BCUT2D eigenvalue weighted by atomic mass is 10.1. The number of carbonyl (C=O) groups excluding carboxylic acids is 1. The summed E-state index contributed by atoms with van der Waals surface area (Å²) >= 11 is 0. The standard InChI is InChI=1S/C26H30N4O/c1-20-9-11-23(12-10-20)19-30-22(3)25(21(2)27-30)13-14-26(31)29-17-15-28(16-18-29)24-7-5-4-6-8-24/h4-14H,15-19H2,1-3H3/b14-13+. The first-order valence-corrected chi connectivity index (χ1v) is 10.9. The number of hydrogen-bond acceptors (Lipinski definition) is 3. The highest BCUT2D eigenvalue weighted by Gasteiger charge is 2.20. The van der Waals surface area contributed by atoms with Crippen LogP contribution in [0.25, 0.3) is 6.08 Å². The normalized spacial score (nSPS) is 14.4. The third-order valence-corrected chi connectivity index (χ3v) is 6.00. The van der Waals surface area contributed by atoms with Crippen LogP contribution in [0.2, 0.25) is 0 Å². The molecule has 160 valence electrons. The molecular formula is C26H30N4O. The third kappa shape index (κ3) is 4.88. The second-order valence-electron chi connectivity index (χ2n) is 8.21. The van der Waals surface area contributed by atoms with Gasteiger partial charge in [0.05, 0.1) is 12.2 Å². The predicted octanol–water partition coefficient (Wildman–Crippen LogP) is 4.22. The molecule has 2 heterocycles. The van der Waals surface area contributed by atoms with Gasteiger partial charge in [0.2, 0.25) is 5.91 Å². The van der Waals surface area contributed by atoms with E-state index in [4.69, 9.17) is 5.10 Å². The lowest BCUT2D eigenvalue weighted by Crippen LogP contribution is -2.48. The van der Waals surface area contributed by atoms with E-state index in [1.807, 2.05) is 28.6 Å². The zero-order chi connectivity index (χ0) is 21.8. The Balaban J connectivity index is 1.39. The van der Waals surface area contributed by atoms with Crippen LogP contribution in [-0.2, 0) is 11.3 Å². The molecule has 1 amide bonds. The molecular weight excluding hydrogens is 384 g/mol. The zero-order valence-corrected chi connectivity index (χ0v) is 18.6. The van der Waals surface area contributed by atoms with Gasteiger partial charge < -0.3 is 9.80 Å². The van der Waals surface area contributed by atoms with Gasteiger partial charge in [-0.3, -0.25) is 9.48 Å². The number of aromatic nitrogens is 2. The molecule has 0 atom stereocenters. The highest BCUT2D eigenvalue weighted by atomic mass is 16.2. The minimum absolute atomic E-state index is 0.0674. The molecule has 1 fully saturated rings. The number of piperazine rings is 1. The molecule has 1 aliphatic heterocycles. The maximum absolute atomic E-state index is 12.8. The zero-order valence-electron chi connectivity index (χ0n) is 18.6. The van der Waals surface area contributed by atoms with Crippen LogP contribution in [0.5, 0.6) is 0 Å². The van der Waals surface area contributed by atoms with Crippen molar-refractivity contribution in [2.24, 2.45) is 0 Å². The smallest absolute Gasteiger partial charge is 0.246 e. The van der Waals surface area contributed by atoms with Crippen molar-refractivity contribution < 1.29 is 4.79 Å². The van der Waals surface area contributed by atoms with Gasteiger partial charge in [0.25, 0.3) is 0 Å². The van der Waals surface area contributed by atoms with Gasteiger partial charge in [0, 0.05) is 49.2 Å². The third-order valence-electron chi connectivity index (χ3n) is 6.00. The van der Waals surface area contributed by atoms with Crippen LogP contribution in [0.1, 0.15) is 28.1 Å². The monoisotopic (exact) mass is 414 g/mol. The molecule has 0 unspecified atom stereocenters. The predicted molar refractivity (Wildman–Crippen MR) is 126 cm³/mol. The summed E-state index contributed by atoms with van der Waals surface area (Å²) in [5.41, 5.74) is 6.75. The molecule has 0 aliphatic carbocycles. The summed E-state index contributed by atoms with van der Waals surface area (Å²) in [5.74, 6) is 0.0674. The fourth-order valence-corrected chi connectivity index (χ4v) is 4.06. The lowest BCUT2D eigenvalue weighted by molar-refractivity contribution is -0.126. The molecule has 5 heteroatoms. The topological polar surface area (TPSA) is 41.4 Å². The Labute approximate surface area is 184 Å². The minimum Gasteiger partial charge on any atom is -0.368 e. The molecule has 5 nitrogen and oxygen atoms in total. The number of para-hydroxylation sites is 1. The molecule has 0 bridgehead atoms. The number of carbonyl (C=O) groups is 1. The molecule has 3 aromatic rings. The van der Waals surface area contributed by atoms with Gasteiger partial charge in [-0.25, -0.2) is 0 Å². The fraction of sp³-hybridized carbons (Fsp3) is 0.308. The van der Waals surface area contributed by atoms with Crippen molar-refractivity contribution in [3.05, 3.63) is 88.8 Å². The quantitative estimate of drug-likeness (QED) is 0.587. The van der Waals surface area contributed by atoms with Crippen LogP contribution in [0.3, 0.4) is 0 Å². The SMILES string of the molecule is Cc1ccc(Cn2nc(C)c(/C=C/C(=O)N3CCN(c4ccccc4)CC3)c2C)cc1. The largest absolute Gasteiger partial charge is 0.368 e. The molecule has 1 aromatic heterocycles. The van der Waals surface area contributed by atoms with Crippen LogP contribution >= 0.6 is 0 Å². The molecule has 4 rings (SSSR count). The van der Waals surface area contributed by atoms with E-state index < -0.39 is 0 Å². The van der Waals surface area contributed by atoms with Gasteiger partial charge in [-0.2, -0.15) is 5.10 Å². The van der Waals surface area contributed by atoms with Crippen LogP contribution < -0.4 is 4.90 Å². The first kappa shape index (κ1) is 20.9. The first-order chi connectivity index (χ1) is 15.0. The number of aryl methyl sites for hydroxylation is 2. The van der Waals surface area contributed by atoms with Crippen molar-refractivity contribution in [1.29, 1.82) is 0 Å². The Kier molecular flexibility index (Phi) is 6.21. The Morgan fingerprint density at radius 2 is 1.61 bits per heavy atom. The van der Waals surface area contributed by atoms with E-state index in [0.717, 1.165) is 49.7 Å². The van der Waals surface area contributed by atoms with E-state index >= 15 is 0 Å². The van der Waals surface area contributed by atoms with Crippen molar-refractivity contribution in [3.63, 3.8) is 0 Å². The summed E-state index contributed by atoms with van der Waals surface area (Å²) in [4.78, 5) is 17.0. The fourth-order valence-electron chi connectivity index (χ4n) is 4.06. The summed E-state index contributed by atoms with van der Waals surface area (Å²) in [6.07, 6.45) is 3.63. The molecule has 0 radical (unpaired) electrons. The highest BCUT2D eigenvalue weighted by Crippen LogP contribution is 2.18.